The summed E-state index contributed by atoms with van der Waals surface area (Å²) < 4.78 is 0. The van der Waals surface area contributed by atoms with E-state index in [4.69, 9.17) is 0 Å². The Morgan fingerprint density at radius 3 is 2.33 bits per heavy atom. The summed E-state index contributed by atoms with van der Waals surface area (Å²) >= 11 is 0. The lowest BCUT2D eigenvalue weighted by Gasteiger charge is -2.28. The van der Waals surface area contributed by atoms with Crippen LogP contribution in [0.2, 0.25) is 0 Å². The number of carboxylic acids is 1. The van der Waals surface area contributed by atoms with Gasteiger partial charge in [0.1, 0.15) is 0 Å². The minimum Gasteiger partial charge on any atom is -0.478 e. The van der Waals surface area contributed by atoms with Gasteiger partial charge in [-0.1, -0.05) is 30.9 Å². The van der Waals surface area contributed by atoms with E-state index in [1.165, 1.54) is 19.3 Å². The van der Waals surface area contributed by atoms with Gasteiger partial charge in [-0.3, -0.25) is 0 Å². The number of hydrogen-bond donors (Lipinski definition) is 1. The van der Waals surface area contributed by atoms with E-state index in [1.54, 1.807) is 6.07 Å². The molecule has 1 aromatic rings. The van der Waals surface area contributed by atoms with Gasteiger partial charge in [0.2, 0.25) is 0 Å². The molecular weight excluding hydrogens is 226 g/mol. The average Bonchev–Trinajstić information content (AvgIpc) is 2.29. The summed E-state index contributed by atoms with van der Waals surface area (Å²) in [6, 6.07) is 5.73. The van der Waals surface area contributed by atoms with Crippen LogP contribution in [-0.4, -0.2) is 24.2 Å². The highest BCUT2D eigenvalue weighted by molar-refractivity contribution is 5.94. The normalized spacial score (nSPS) is 17.1. The molecule has 0 aromatic heterocycles. The van der Waals surface area contributed by atoms with Gasteiger partial charge in [-0.15, -0.1) is 0 Å². The molecule has 1 fully saturated rings. The number of benzene rings is 1. The fraction of sp³-hybridized carbons (Fsp3) is 0.533. The van der Waals surface area contributed by atoms with Crippen molar-refractivity contribution in [3.8, 4) is 0 Å². The summed E-state index contributed by atoms with van der Waals surface area (Å²) in [5, 5.41) is 9.32. The van der Waals surface area contributed by atoms with E-state index in [0.29, 0.717) is 5.56 Å². The second-order valence-electron chi connectivity index (χ2n) is 5.08. The minimum atomic E-state index is -0.823. The van der Waals surface area contributed by atoms with Crippen LogP contribution in [0.15, 0.2) is 18.2 Å². The number of hydrogen-bond acceptors (Lipinski definition) is 2. The van der Waals surface area contributed by atoms with Gasteiger partial charge in [0.15, 0.2) is 0 Å². The summed E-state index contributed by atoms with van der Waals surface area (Å²) in [7, 11) is 0. The van der Waals surface area contributed by atoms with Crippen molar-refractivity contribution in [3.05, 3.63) is 29.3 Å². The molecule has 0 unspecified atom stereocenters. The molecular formula is C15H21NO2. The Labute approximate surface area is 108 Å². The smallest absolute Gasteiger partial charge is 0.337 e. The molecule has 2 rings (SSSR count). The van der Waals surface area contributed by atoms with Gasteiger partial charge >= 0.3 is 5.97 Å². The Kier molecular flexibility index (Phi) is 4.24. The summed E-state index contributed by atoms with van der Waals surface area (Å²) in [6.45, 7) is 3.89. The van der Waals surface area contributed by atoms with Gasteiger partial charge in [0.05, 0.1) is 11.3 Å². The van der Waals surface area contributed by atoms with Crippen LogP contribution in [0.1, 0.15) is 48.0 Å². The molecule has 1 heterocycles. The van der Waals surface area contributed by atoms with E-state index in [1.807, 2.05) is 19.1 Å². The van der Waals surface area contributed by atoms with Gasteiger partial charge in [-0.2, -0.15) is 0 Å². The van der Waals surface area contributed by atoms with Crippen LogP contribution < -0.4 is 4.90 Å². The summed E-state index contributed by atoms with van der Waals surface area (Å²) in [5.74, 6) is -0.823. The van der Waals surface area contributed by atoms with Gasteiger partial charge in [0, 0.05) is 13.1 Å². The minimum absolute atomic E-state index is 0.440. The fourth-order valence-corrected chi connectivity index (χ4v) is 2.59. The molecule has 3 nitrogen and oxygen atoms in total. The lowest BCUT2D eigenvalue weighted by atomic mass is 10.0. The van der Waals surface area contributed by atoms with Gasteiger partial charge in [-0.05, 0) is 31.9 Å². The van der Waals surface area contributed by atoms with Crippen LogP contribution in [0.3, 0.4) is 0 Å². The lowest BCUT2D eigenvalue weighted by molar-refractivity contribution is 0.0697. The predicted molar refractivity (Wildman–Crippen MR) is 73.4 cm³/mol. The number of carboxylic acid groups (broad SMARTS) is 1. The zero-order valence-electron chi connectivity index (χ0n) is 11.0. The Bertz CT molecular complexity index is 421. The van der Waals surface area contributed by atoms with E-state index in [-0.39, 0.29) is 0 Å². The lowest BCUT2D eigenvalue weighted by Crippen LogP contribution is -2.28. The number of carbonyl (C=O) groups is 1. The van der Waals surface area contributed by atoms with E-state index in [0.717, 1.165) is 37.2 Å². The quantitative estimate of drug-likeness (QED) is 0.870. The second-order valence-corrected chi connectivity index (χ2v) is 5.08. The SMILES string of the molecule is Cc1ccc(N2CCCCCCC2)c(C(=O)O)c1. The highest BCUT2D eigenvalue weighted by atomic mass is 16.4. The molecule has 18 heavy (non-hydrogen) atoms. The fourth-order valence-electron chi connectivity index (χ4n) is 2.59. The van der Waals surface area contributed by atoms with Crippen molar-refractivity contribution in [1.29, 1.82) is 0 Å². The molecule has 1 aliphatic heterocycles. The van der Waals surface area contributed by atoms with Crippen LogP contribution in [0.4, 0.5) is 5.69 Å². The van der Waals surface area contributed by atoms with Crippen LogP contribution >= 0.6 is 0 Å². The number of aryl methyl sites for hydroxylation is 1. The molecule has 0 radical (unpaired) electrons. The van der Waals surface area contributed by atoms with Crippen molar-refractivity contribution < 1.29 is 9.90 Å². The van der Waals surface area contributed by atoms with Crippen LogP contribution in [0.5, 0.6) is 0 Å². The van der Waals surface area contributed by atoms with Crippen LogP contribution in [-0.2, 0) is 0 Å². The second kappa shape index (κ2) is 5.89. The zero-order valence-corrected chi connectivity index (χ0v) is 11.0. The van der Waals surface area contributed by atoms with Crippen molar-refractivity contribution in [2.45, 2.75) is 39.0 Å². The van der Waals surface area contributed by atoms with Gasteiger partial charge in [0.25, 0.3) is 0 Å². The van der Waals surface area contributed by atoms with Crippen LogP contribution in [0, 0.1) is 6.92 Å². The van der Waals surface area contributed by atoms with Crippen molar-refractivity contribution >= 4 is 11.7 Å². The first-order valence-corrected chi connectivity index (χ1v) is 6.77. The third-order valence-corrected chi connectivity index (χ3v) is 3.58. The maximum absolute atomic E-state index is 11.3. The Morgan fingerprint density at radius 1 is 1.11 bits per heavy atom. The molecule has 0 aliphatic carbocycles. The van der Waals surface area contributed by atoms with Crippen molar-refractivity contribution in [2.75, 3.05) is 18.0 Å². The Morgan fingerprint density at radius 2 is 1.72 bits per heavy atom. The standard InChI is InChI=1S/C15H21NO2/c1-12-7-8-14(13(11-12)15(17)18)16-9-5-3-2-4-6-10-16/h7-8,11H,2-6,9-10H2,1H3,(H,17,18). The van der Waals surface area contributed by atoms with Crippen molar-refractivity contribution in [3.63, 3.8) is 0 Å². The molecule has 1 N–H and O–H groups in total. The molecule has 1 saturated heterocycles. The summed E-state index contributed by atoms with van der Waals surface area (Å²) in [6.07, 6.45) is 6.14. The maximum atomic E-state index is 11.3. The topological polar surface area (TPSA) is 40.5 Å². The molecule has 0 bridgehead atoms. The maximum Gasteiger partial charge on any atom is 0.337 e. The average molecular weight is 247 g/mol. The van der Waals surface area contributed by atoms with E-state index < -0.39 is 5.97 Å². The van der Waals surface area contributed by atoms with Crippen molar-refractivity contribution in [2.24, 2.45) is 0 Å². The first kappa shape index (κ1) is 12.9. The third kappa shape index (κ3) is 3.03. The van der Waals surface area contributed by atoms with Crippen molar-refractivity contribution in [1.82, 2.24) is 0 Å². The molecule has 98 valence electrons. The number of anilines is 1. The first-order valence-electron chi connectivity index (χ1n) is 6.77. The summed E-state index contributed by atoms with van der Waals surface area (Å²) in [4.78, 5) is 13.6. The molecule has 0 spiro atoms. The molecule has 1 aromatic carbocycles. The highest BCUT2D eigenvalue weighted by Crippen LogP contribution is 2.24. The number of aromatic carboxylic acids is 1. The summed E-state index contributed by atoms with van der Waals surface area (Å²) in [5.41, 5.74) is 2.33. The van der Waals surface area contributed by atoms with Crippen LogP contribution in [0.25, 0.3) is 0 Å². The molecule has 1 aliphatic rings. The molecule has 0 atom stereocenters. The van der Waals surface area contributed by atoms with Gasteiger partial charge in [-0.25, -0.2) is 4.79 Å². The molecule has 0 saturated carbocycles. The number of nitrogens with zero attached hydrogens (tertiary/aromatic N) is 1. The van der Waals surface area contributed by atoms with E-state index >= 15 is 0 Å². The first-order chi connectivity index (χ1) is 8.68. The Hall–Kier alpha value is -1.51. The van der Waals surface area contributed by atoms with E-state index in [9.17, 15) is 9.90 Å². The molecule has 3 heteroatoms. The Balaban J connectivity index is 2.27. The van der Waals surface area contributed by atoms with Gasteiger partial charge < -0.3 is 10.0 Å². The zero-order chi connectivity index (χ0) is 13.0. The molecule has 0 amide bonds. The largest absolute Gasteiger partial charge is 0.478 e. The highest BCUT2D eigenvalue weighted by Gasteiger charge is 2.16. The third-order valence-electron chi connectivity index (χ3n) is 3.58. The monoisotopic (exact) mass is 247 g/mol. The van der Waals surface area contributed by atoms with E-state index in [2.05, 4.69) is 4.90 Å². The number of rotatable bonds is 2. The predicted octanol–water partition coefficient (Wildman–Crippen LogP) is 3.46.